The second kappa shape index (κ2) is 11.8. The van der Waals surface area contributed by atoms with Gasteiger partial charge in [0.2, 0.25) is 0 Å². The Morgan fingerprint density at radius 3 is 2.70 bits per heavy atom. The third-order valence-electron chi connectivity index (χ3n) is 2.89. The molecule has 0 unspecified atom stereocenters. The molecule has 0 saturated carbocycles. The van der Waals surface area contributed by atoms with E-state index in [1.807, 2.05) is 18.2 Å². The first-order valence-corrected chi connectivity index (χ1v) is 6.87. The lowest BCUT2D eigenvalue weighted by Crippen LogP contribution is -2.37. The van der Waals surface area contributed by atoms with Gasteiger partial charge in [0.15, 0.2) is 5.96 Å². The van der Waals surface area contributed by atoms with Gasteiger partial charge in [0.05, 0.1) is 7.11 Å². The minimum atomic E-state index is 0. The minimum absolute atomic E-state index is 0. The van der Waals surface area contributed by atoms with Crippen LogP contribution in [0.15, 0.2) is 29.3 Å². The van der Waals surface area contributed by atoms with Crippen LogP contribution in [0.25, 0.3) is 0 Å². The number of aliphatic imine (C=N–C) groups is 1. The number of guanidine groups is 1. The summed E-state index contributed by atoms with van der Waals surface area (Å²) in [6, 6.07) is 8.03. The molecule has 0 aromatic heterocycles. The Morgan fingerprint density at radius 1 is 1.25 bits per heavy atom. The molecule has 0 bridgehead atoms. The van der Waals surface area contributed by atoms with Crippen molar-refractivity contribution in [1.29, 1.82) is 0 Å². The van der Waals surface area contributed by atoms with Crippen molar-refractivity contribution in [3.63, 3.8) is 0 Å². The van der Waals surface area contributed by atoms with Crippen LogP contribution in [0.5, 0.6) is 5.75 Å². The van der Waals surface area contributed by atoms with E-state index in [4.69, 9.17) is 4.74 Å². The predicted octanol–water partition coefficient (Wildman–Crippen LogP) is 3.17. The van der Waals surface area contributed by atoms with Gasteiger partial charge in [-0.15, -0.1) is 24.0 Å². The molecule has 0 saturated heterocycles. The van der Waals surface area contributed by atoms with Crippen LogP contribution in [0, 0.1) is 0 Å². The summed E-state index contributed by atoms with van der Waals surface area (Å²) >= 11 is 0. The van der Waals surface area contributed by atoms with Gasteiger partial charge in [-0.1, -0.05) is 31.9 Å². The number of benzene rings is 1. The Hall–Kier alpha value is -0.980. The topological polar surface area (TPSA) is 45.7 Å². The van der Waals surface area contributed by atoms with Crippen molar-refractivity contribution in [2.75, 3.05) is 20.7 Å². The number of hydrogen-bond donors (Lipinski definition) is 2. The normalized spacial score (nSPS) is 10.7. The second-order valence-corrected chi connectivity index (χ2v) is 4.41. The van der Waals surface area contributed by atoms with Crippen molar-refractivity contribution in [3.8, 4) is 5.75 Å². The smallest absolute Gasteiger partial charge is 0.191 e. The van der Waals surface area contributed by atoms with Gasteiger partial charge in [0.25, 0.3) is 0 Å². The first-order chi connectivity index (χ1) is 9.30. The van der Waals surface area contributed by atoms with Gasteiger partial charge in [0.1, 0.15) is 5.75 Å². The second-order valence-electron chi connectivity index (χ2n) is 4.41. The fraction of sp³-hybridized carbons (Fsp3) is 0.533. The Bertz CT molecular complexity index is 396. The maximum atomic E-state index is 5.21. The van der Waals surface area contributed by atoms with Crippen LogP contribution in [0.4, 0.5) is 0 Å². The summed E-state index contributed by atoms with van der Waals surface area (Å²) in [5.41, 5.74) is 1.18. The summed E-state index contributed by atoms with van der Waals surface area (Å²) in [5.74, 6) is 1.73. The summed E-state index contributed by atoms with van der Waals surface area (Å²) in [6.45, 7) is 3.91. The highest BCUT2D eigenvalue weighted by Gasteiger charge is 1.99. The lowest BCUT2D eigenvalue weighted by Gasteiger charge is -2.12. The van der Waals surface area contributed by atoms with Crippen molar-refractivity contribution in [1.82, 2.24) is 10.6 Å². The zero-order chi connectivity index (χ0) is 13.9. The van der Waals surface area contributed by atoms with E-state index in [0.717, 1.165) is 24.8 Å². The molecule has 5 heteroatoms. The molecule has 1 aromatic carbocycles. The molecule has 20 heavy (non-hydrogen) atoms. The van der Waals surface area contributed by atoms with Crippen LogP contribution >= 0.6 is 24.0 Å². The van der Waals surface area contributed by atoms with Crippen molar-refractivity contribution in [3.05, 3.63) is 29.8 Å². The molecule has 4 nitrogen and oxygen atoms in total. The van der Waals surface area contributed by atoms with E-state index in [1.54, 1.807) is 14.2 Å². The summed E-state index contributed by atoms with van der Waals surface area (Å²) in [7, 11) is 3.47. The lowest BCUT2D eigenvalue weighted by atomic mass is 10.2. The van der Waals surface area contributed by atoms with Gasteiger partial charge in [-0.25, -0.2) is 0 Å². The average molecular weight is 391 g/mol. The van der Waals surface area contributed by atoms with Gasteiger partial charge >= 0.3 is 0 Å². The summed E-state index contributed by atoms with van der Waals surface area (Å²) in [6.07, 6.45) is 3.66. The molecule has 1 rings (SSSR count). The van der Waals surface area contributed by atoms with Crippen LogP contribution in [0.2, 0.25) is 0 Å². The molecule has 0 fully saturated rings. The first kappa shape index (κ1) is 19.0. The van der Waals surface area contributed by atoms with Gasteiger partial charge < -0.3 is 15.4 Å². The molecule has 0 atom stereocenters. The Morgan fingerprint density at radius 2 is 2.05 bits per heavy atom. The monoisotopic (exact) mass is 391 g/mol. The molecule has 1 aromatic rings. The van der Waals surface area contributed by atoms with Crippen molar-refractivity contribution in [2.24, 2.45) is 4.99 Å². The van der Waals surface area contributed by atoms with Gasteiger partial charge in [-0.2, -0.15) is 0 Å². The van der Waals surface area contributed by atoms with E-state index in [-0.39, 0.29) is 24.0 Å². The molecule has 2 N–H and O–H groups in total. The molecule has 0 spiro atoms. The van der Waals surface area contributed by atoms with Crippen LogP contribution < -0.4 is 15.4 Å². The van der Waals surface area contributed by atoms with Gasteiger partial charge in [0, 0.05) is 20.1 Å². The van der Waals surface area contributed by atoms with Crippen LogP contribution in [-0.4, -0.2) is 26.7 Å². The van der Waals surface area contributed by atoms with E-state index >= 15 is 0 Å². The zero-order valence-electron chi connectivity index (χ0n) is 12.6. The largest absolute Gasteiger partial charge is 0.497 e. The highest BCUT2D eigenvalue weighted by Crippen LogP contribution is 2.11. The van der Waals surface area contributed by atoms with Crippen molar-refractivity contribution in [2.45, 2.75) is 32.7 Å². The van der Waals surface area contributed by atoms with Crippen molar-refractivity contribution >= 4 is 29.9 Å². The molecule has 0 aliphatic carbocycles. The number of halogens is 1. The maximum Gasteiger partial charge on any atom is 0.191 e. The molecule has 0 radical (unpaired) electrons. The highest BCUT2D eigenvalue weighted by atomic mass is 127. The number of ether oxygens (including phenoxy) is 1. The van der Waals surface area contributed by atoms with Gasteiger partial charge in [-0.05, 0) is 24.1 Å². The van der Waals surface area contributed by atoms with Crippen molar-refractivity contribution < 1.29 is 4.74 Å². The van der Waals surface area contributed by atoms with E-state index in [0.29, 0.717) is 0 Å². The molecule has 0 aliphatic rings. The summed E-state index contributed by atoms with van der Waals surface area (Å²) < 4.78 is 5.21. The van der Waals surface area contributed by atoms with E-state index < -0.39 is 0 Å². The molecular weight excluding hydrogens is 365 g/mol. The molecular formula is C15H26IN3O. The van der Waals surface area contributed by atoms with Gasteiger partial charge in [-0.3, -0.25) is 4.99 Å². The Labute approximate surface area is 139 Å². The SMILES string of the molecule is CCCCCNC(=NC)NCc1cccc(OC)c1.I. The standard InChI is InChI=1S/C15H25N3O.HI/c1-4-5-6-10-17-15(16-2)18-12-13-8-7-9-14(11-13)19-3;/h7-9,11H,4-6,10,12H2,1-3H3,(H2,16,17,18);1H. The summed E-state index contributed by atoms with van der Waals surface area (Å²) in [5, 5.41) is 6.61. The summed E-state index contributed by atoms with van der Waals surface area (Å²) in [4.78, 5) is 4.21. The molecule has 0 heterocycles. The third-order valence-corrected chi connectivity index (χ3v) is 2.89. The molecule has 0 aliphatic heterocycles. The number of rotatable bonds is 7. The predicted molar refractivity (Wildman–Crippen MR) is 96.1 cm³/mol. The average Bonchev–Trinajstić information content (AvgIpc) is 2.47. The zero-order valence-corrected chi connectivity index (χ0v) is 14.9. The Kier molecular flexibility index (Phi) is 11.2. The van der Waals surface area contributed by atoms with E-state index in [2.05, 4.69) is 28.6 Å². The first-order valence-electron chi connectivity index (χ1n) is 6.87. The van der Waals surface area contributed by atoms with Crippen LogP contribution in [0.1, 0.15) is 31.7 Å². The molecule has 114 valence electrons. The number of methoxy groups -OCH3 is 1. The highest BCUT2D eigenvalue weighted by molar-refractivity contribution is 14.0. The van der Waals surface area contributed by atoms with E-state index in [9.17, 15) is 0 Å². The fourth-order valence-corrected chi connectivity index (χ4v) is 1.77. The van der Waals surface area contributed by atoms with Crippen LogP contribution in [0.3, 0.4) is 0 Å². The number of unbranched alkanes of at least 4 members (excludes halogenated alkanes) is 2. The minimum Gasteiger partial charge on any atom is -0.497 e. The number of nitrogens with one attached hydrogen (secondary N) is 2. The number of nitrogens with zero attached hydrogens (tertiary/aromatic N) is 1. The molecule has 0 amide bonds. The Balaban J connectivity index is 0.00000361. The fourth-order valence-electron chi connectivity index (χ4n) is 1.77. The van der Waals surface area contributed by atoms with E-state index in [1.165, 1.54) is 24.8 Å². The number of hydrogen-bond acceptors (Lipinski definition) is 2. The third kappa shape index (κ3) is 7.57. The lowest BCUT2D eigenvalue weighted by molar-refractivity contribution is 0.414. The maximum absolute atomic E-state index is 5.21. The quantitative estimate of drug-likeness (QED) is 0.325. The van der Waals surface area contributed by atoms with Crippen LogP contribution in [-0.2, 0) is 6.54 Å².